The molecule has 0 spiro atoms. The van der Waals surface area contributed by atoms with E-state index in [2.05, 4.69) is 30.6 Å². The van der Waals surface area contributed by atoms with Gasteiger partial charge in [0.15, 0.2) is 0 Å². The lowest BCUT2D eigenvalue weighted by Gasteiger charge is -2.17. The maximum Gasteiger partial charge on any atom is 0.408 e. The third-order valence-electron chi connectivity index (χ3n) is 3.31. The standard InChI is InChI=1S/C15H12ClF3N6/c1-8(15(17,18)19)21-13-23-12(16)24-14(25-13)22-10-5-4-9-3-2-6-20-11(9)7-10/h2-8H,1H3,(H2,21,22,23,24,25)/t8-/m1/s1. The lowest BCUT2D eigenvalue weighted by Crippen LogP contribution is -2.33. The number of pyridine rings is 1. The van der Waals surface area contributed by atoms with E-state index in [0.29, 0.717) is 5.69 Å². The van der Waals surface area contributed by atoms with Gasteiger partial charge in [0.2, 0.25) is 17.2 Å². The van der Waals surface area contributed by atoms with Gasteiger partial charge in [0.1, 0.15) is 6.04 Å². The molecule has 0 amide bonds. The molecule has 0 radical (unpaired) electrons. The van der Waals surface area contributed by atoms with Crippen LogP contribution in [0.4, 0.5) is 30.8 Å². The first kappa shape index (κ1) is 17.2. The van der Waals surface area contributed by atoms with Crippen molar-refractivity contribution in [3.63, 3.8) is 0 Å². The van der Waals surface area contributed by atoms with Gasteiger partial charge in [-0.05, 0) is 36.7 Å². The maximum atomic E-state index is 12.6. The average Bonchev–Trinajstić information content (AvgIpc) is 2.53. The second-order valence-electron chi connectivity index (χ2n) is 5.20. The number of hydrogen-bond acceptors (Lipinski definition) is 6. The molecule has 10 heteroatoms. The van der Waals surface area contributed by atoms with E-state index in [4.69, 9.17) is 11.6 Å². The minimum absolute atomic E-state index is 0.0205. The number of fused-ring (bicyclic) bond motifs is 1. The molecule has 130 valence electrons. The summed E-state index contributed by atoms with van der Waals surface area (Å²) in [6, 6.07) is 7.28. The van der Waals surface area contributed by atoms with Gasteiger partial charge in [-0.1, -0.05) is 12.1 Å². The molecule has 1 aromatic carbocycles. The van der Waals surface area contributed by atoms with Gasteiger partial charge in [-0.2, -0.15) is 28.1 Å². The topological polar surface area (TPSA) is 75.6 Å². The van der Waals surface area contributed by atoms with Gasteiger partial charge >= 0.3 is 6.18 Å². The Morgan fingerprint density at radius 2 is 1.84 bits per heavy atom. The van der Waals surface area contributed by atoms with Crippen molar-refractivity contribution in [3.8, 4) is 0 Å². The van der Waals surface area contributed by atoms with E-state index in [1.54, 1.807) is 18.3 Å². The summed E-state index contributed by atoms with van der Waals surface area (Å²) in [4.78, 5) is 15.7. The Bertz CT molecular complexity index is 902. The quantitative estimate of drug-likeness (QED) is 0.719. The molecule has 25 heavy (non-hydrogen) atoms. The smallest absolute Gasteiger partial charge is 0.343 e. The van der Waals surface area contributed by atoms with Crippen LogP contribution in [0, 0.1) is 0 Å². The minimum atomic E-state index is -4.43. The SMILES string of the molecule is C[C@@H](Nc1nc(Cl)nc(Nc2ccc3cccnc3c2)n1)C(F)(F)F. The second-order valence-corrected chi connectivity index (χ2v) is 5.53. The average molecular weight is 369 g/mol. The van der Waals surface area contributed by atoms with E-state index in [1.807, 2.05) is 18.2 Å². The molecule has 3 aromatic rings. The van der Waals surface area contributed by atoms with Crippen molar-refractivity contribution in [3.05, 3.63) is 41.8 Å². The molecule has 0 aliphatic carbocycles. The first-order chi connectivity index (χ1) is 11.8. The minimum Gasteiger partial charge on any atom is -0.343 e. The van der Waals surface area contributed by atoms with Crippen molar-refractivity contribution in [2.45, 2.75) is 19.1 Å². The van der Waals surface area contributed by atoms with E-state index in [9.17, 15) is 13.2 Å². The number of aromatic nitrogens is 4. The van der Waals surface area contributed by atoms with Gasteiger partial charge in [0.25, 0.3) is 0 Å². The Hall–Kier alpha value is -2.68. The highest BCUT2D eigenvalue weighted by Crippen LogP contribution is 2.24. The molecule has 0 bridgehead atoms. The second kappa shape index (κ2) is 6.67. The summed E-state index contributed by atoms with van der Waals surface area (Å²) < 4.78 is 37.9. The fraction of sp³-hybridized carbons (Fsp3) is 0.200. The summed E-state index contributed by atoms with van der Waals surface area (Å²) in [5, 5.41) is 5.75. The Morgan fingerprint density at radius 1 is 1.08 bits per heavy atom. The summed E-state index contributed by atoms with van der Waals surface area (Å²) in [5.74, 6) is -0.251. The van der Waals surface area contributed by atoms with Crippen LogP contribution in [0.2, 0.25) is 5.28 Å². The Labute approximate surface area is 145 Å². The summed E-state index contributed by atoms with van der Waals surface area (Å²) in [5.41, 5.74) is 1.36. The van der Waals surface area contributed by atoms with Crippen molar-refractivity contribution < 1.29 is 13.2 Å². The molecule has 0 saturated carbocycles. The van der Waals surface area contributed by atoms with E-state index < -0.39 is 12.2 Å². The zero-order chi connectivity index (χ0) is 18.0. The van der Waals surface area contributed by atoms with E-state index in [0.717, 1.165) is 17.8 Å². The fourth-order valence-electron chi connectivity index (χ4n) is 2.02. The predicted octanol–water partition coefficient (Wildman–Crippen LogP) is 4.18. The van der Waals surface area contributed by atoms with Gasteiger partial charge in [0, 0.05) is 17.3 Å². The van der Waals surface area contributed by atoms with Crippen LogP contribution in [0.3, 0.4) is 0 Å². The number of halogens is 4. The van der Waals surface area contributed by atoms with Crippen LogP contribution in [0.25, 0.3) is 10.9 Å². The molecule has 0 saturated heterocycles. The van der Waals surface area contributed by atoms with Crippen LogP contribution in [0.15, 0.2) is 36.5 Å². The van der Waals surface area contributed by atoms with Crippen molar-refractivity contribution >= 4 is 40.1 Å². The molecular formula is C15H12ClF3N6. The number of hydrogen-bond donors (Lipinski definition) is 2. The van der Waals surface area contributed by atoms with Crippen LogP contribution in [-0.4, -0.2) is 32.2 Å². The molecule has 0 fully saturated rings. The van der Waals surface area contributed by atoms with Gasteiger partial charge in [-0.25, -0.2) is 0 Å². The van der Waals surface area contributed by atoms with Crippen LogP contribution < -0.4 is 10.6 Å². The van der Waals surface area contributed by atoms with Gasteiger partial charge < -0.3 is 10.6 Å². The van der Waals surface area contributed by atoms with Crippen LogP contribution >= 0.6 is 11.6 Å². The highest BCUT2D eigenvalue weighted by atomic mass is 35.5. The van der Waals surface area contributed by atoms with E-state index in [1.165, 1.54) is 0 Å². The lowest BCUT2D eigenvalue weighted by molar-refractivity contribution is -0.138. The van der Waals surface area contributed by atoms with Crippen LogP contribution in [0.1, 0.15) is 6.92 Å². The van der Waals surface area contributed by atoms with Crippen LogP contribution in [-0.2, 0) is 0 Å². The number of rotatable bonds is 4. The van der Waals surface area contributed by atoms with E-state index >= 15 is 0 Å². The summed E-state index contributed by atoms with van der Waals surface area (Å²) in [6.07, 6.45) is -2.77. The molecular weight excluding hydrogens is 357 g/mol. The monoisotopic (exact) mass is 368 g/mol. The molecule has 2 N–H and O–H groups in total. The summed E-state index contributed by atoms with van der Waals surface area (Å²) >= 11 is 5.77. The lowest BCUT2D eigenvalue weighted by atomic mass is 10.2. The number of nitrogens with one attached hydrogen (secondary N) is 2. The van der Waals surface area contributed by atoms with Gasteiger partial charge in [-0.15, -0.1) is 0 Å². The first-order valence-corrected chi connectivity index (χ1v) is 7.56. The molecule has 6 nitrogen and oxygen atoms in total. The van der Waals surface area contributed by atoms with Crippen molar-refractivity contribution in [2.24, 2.45) is 0 Å². The van der Waals surface area contributed by atoms with Crippen molar-refractivity contribution in [2.75, 3.05) is 10.6 Å². The predicted molar refractivity (Wildman–Crippen MR) is 89.0 cm³/mol. The van der Waals surface area contributed by atoms with Crippen molar-refractivity contribution in [1.29, 1.82) is 0 Å². The third-order valence-corrected chi connectivity index (χ3v) is 3.48. The molecule has 0 aliphatic rings. The molecule has 0 unspecified atom stereocenters. The fourth-order valence-corrected chi connectivity index (χ4v) is 2.18. The molecule has 0 aliphatic heterocycles. The normalized spacial score (nSPS) is 12.8. The number of anilines is 3. The van der Waals surface area contributed by atoms with Gasteiger partial charge in [-0.3, -0.25) is 4.98 Å². The zero-order valence-corrected chi connectivity index (χ0v) is 13.6. The summed E-state index contributed by atoms with van der Waals surface area (Å²) in [7, 11) is 0. The molecule has 2 heterocycles. The number of benzene rings is 1. The molecule has 1 atom stereocenters. The van der Waals surface area contributed by atoms with E-state index in [-0.39, 0.29) is 17.2 Å². The van der Waals surface area contributed by atoms with Gasteiger partial charge in [0.05, 0.1) is 5.52 Å². The molecule has 3 rings (SSSR count). The Kier molecular flexibility index (Phi) is 4.58. The Morgan fingerprint density at radius 3 is 2.60 bits per heavy atom. The zero-order valence-electron chi connectivity index (χ0n) is 12.8. The molecule has 2 aromatic heterocycles. The Balaban J connectivity index is 1.84. The highest BCUT2D eigenvalue weighted by Gasteiger charge is 2.36. The first-order valence-electron chi connectivity index (χ1n) is 7.18. The maximum absolute atomic E-state index is 12.6. The number of nitrogens with zero attached hydrogens (tertiary/aromatic N) is 4. The number of alkyl halides is 3. The largest absolute Gasteiger partial charge is 0.408 e. The third kappa shape index (κ3) is 4.24. The van der Waals surface area contributed by atoms with Crippen LogP contribution in [0.5, 0.6) is 0 Å². The highest BCUT2D eigenvalue weighted by molar-refractivity contribution is 6.28. The van der Waals surface area contributed by atoms with Crippen molar-refractivity contribution in [1.82, 2.24) is 19.9 Å². The summed E-state index contributed by atoms with van der Waals surface area (Å²) in [6.45, 7) is 0.958.